The van der Waals surface area contributed by atoms with E-state index in [-0.39, 0.29) is 16.3 Å². The summed E-state index contributed by atoms with van der Waals surface area (Å²) < 4.78 is 41.1. The largest absolute Gasteiger partial charge is 0.495 e. The molecular weight excluding hydrogens is 335 g/mol. The SMILES string of the molecule is COc1ccc(S(=O)(=O)N(C)CP(=O)(O)O)cc1NC(C)=O. The number of nitrogens with one attached hydrogen (secondary N) is 1. The third kappa shape index (κ3) is 4.79. The molecule has 1 amide bonds. The lowest BCUT2D eigenvalue weighted by atomic mass is 10.3. The van der Waals surface area contributed by atoms with Crippen molar-refractivity contribution < 1.29 is 32.3 Å². The van der Waals surface area contributed by atoms with Crippen LogP contribution in [-0.2, 0) is 19.4 Å². The van der Waals surface area contributed by atoms with Gasteiger partial charge in [0.1, 0.15) is 12.0 Å². The molecule has 11 heteroatoms. The van der Waals surface area contributed by atoms with Gasteiger partial charge in [-0.1, -0.05) is 0 Å². The first-order valence-corrected chi connectivity index (χ1v) is 9.17. The van der Waals surface area contributed by atoms with E-state index in [1.54, 1.807) is 0 Å². The van der Waals surface area contributed by atoms with E-state index in [2.05, 4.69) is 5.32 Å². The van der Waals surface area contributed by atoms with Crippen molar-refractivity contribution in [2.24, 2.45) is 0 Å². The number of nitrogens with zero attached hydrogens (tertiary/aromatic N) is 1. The number of ether oxygens (including phenoxy) is 1. The molecule has 0 aliphatic rings. The predicted octanol–water partition coefficient (Wildman–Crippen LogP) is 0.409. The van der Waals surface area contributed by atoms with Crippen molar-refractivity contribution >= 4 is 29.2 Å². The van der Waals surface area contributed by atoms with Gasteiger partial charge in [0.2, 0.25) is 15.9 Å². The highest BCUT2D eigenvalue weighted by molar-refractivity contribution is 7.89. The van der Waals surface area contributed by atoms with Crippen LogP contribution in [-0.4, -0.2) is 48.9 Å². The van der Waals surface area contributed by atoms with Crippen LogP contribution in [0.1, 0.15) is 6.92 Å². The Bertz CT molecular complexity index is 713. The van der Waals surface area contributed by atoms with Crippen molar-refractivity contribution in [3.63, 3.8) is 0 Å². The lowest BCUT2D eigenvalue weighted by Crippen LogP contribution is -2.28. The van der Waals surface area contributed by atoms with E-state index in [0.29, 0.717) is 4.31 Å². The molecule has 0 atom stereocenters. The Morgan fingerprint density at radius 2 is 2.00 bits per heavy atom. The zero-order valence-corrected chi connectivity index (χ0v) is 13.9. The smallest absolute Gasteiger partial charge is 0.340 e. The second-order valence-electron chi connectivity index (χ2n) is 4.45. The highest BCUT2D eigenvalue weighted by atomic mass is 32.2. The number of methoxy groups -OCH3 is 1. The molecular formula is C11H17N2O7PS. The van der Waals surface area contributed by atoms with Gasteiger partial charge >= 0.3 is 7.60 Å². The maximum absolute atomic E-state index is 12.3. The van der Waals surface area contributed by atoms with Gasteiger partial charge in [0, 0.05) is 14.0 Å². The molecule has 0 bridgehead atoms. The van der Waals surface area contributed by atoms with Gasteiger partial charge in [0.05, 0.1) is 17.7 Å². The minimum Gasteiger partial charge on any atom is -0.495 e. The first-order valence-electron chi connectivity index (χ1n) is 5.94. The molecule has 0 unspecified atom stereocenters. The zero-order valence-electron chi connectivity index (χ0n) is 12.2. The monoisotopic (exact) mass is 352 g/mol. The number of amides is 1. The van der Waals surface area contributed by atoms with Crippen LogP contribution in [0.2, 0.25) is 0 Å². The molecule has 0 aliphatic heterocycles. The maximum atomic E-state index is 12.3. The summed E-state index contributed by atoms with van der Waals surface area (Å²) in [5.41, 5.74) is 0.139. The fraction of sp³-hybridized carbons (Fsp3) is 0.364. The van der Waals surface area contributed by atoms with Crippen LogP contribution in [0.25, 0.3) is 0 Å². The lowest BCUT2D eigenvalue weighted by molar-refractivity contribution is -0.114. The predicted molar refractivity (Wildman–Crippen MR) is 79.2 cm³/mol. The Hall–Kier alpha value is -1.45. The van der Waals surface area contributed by atoms with Gasteiger partial charge in [0.25, 0.3) is 0 Å². The first-order chi connectivity index (χ1) is 9.97. The van der Waals surface area contributed by atoms with E-state index < -0.39 is 29.8 Å². The number of sulfonamides is 1. The van der Waals surface area contributed by atoms with E-state index in [1.165, 1.54) is 26.2 Å². The Morgan fingerprint density at radius 1 is 1.41 bits per heavy atom. The van der Waals surface area contributed by atoms with E-state index >= 15 is 0 Å². The van der Waals surface area contributed by atoms with Crippen molar-refractivity contribution in [1.29, 1.82) is 0 Å². The molecule has 0 saturated carbocycles. The van der Waals surface area contributed by atoms with Crippen molar-refractivity contribution in [1.82, 2.24) is 4.31 Å². The van der Waals surface area contributed by atoms with Crippen molar-refractivity contribution in [2.75, 3.05) is 25.8 Å². The lowest BCUT2D eigenvalue weighted by Gasteiger charge is -2.18. The average molecular weight is 352 g/mol. The molecule has 9 nitrogen and oxygen atoms in total. The molecule has 1 aromatic rings. The normalized spacial score (nSPS) is 12.3. The third-order valence-corrected chi connectivity index (χ3v) is 5.36. The van der Waals surface area contributed by atoms with E-state index in [4.69, 9.17) is 14.5 Å². The summed E-state index contributed by atoms with van der Waals surface area (Å²) >= 11 is 0. The molecule has 0 saturated heterocycles. The fourth-order valence-electron chi connectivity index (χ4n) is 1.65. The Balaban J connectivity index is 3.25. The van der Waals surface area contributed by atoms with Crippen LogP contribution < -0.4 is 10.1 Å². The number of anilines is 1. The molecule has 3 N–H and O–H groups in total. The van der Waals surface area contributed by atoms with Gasteiger partial charge in [-0.05, 0) is 18.2 Å². The number of benzene rings is 1. The fourth-order valence-corrected chi connectivity index (χ4v) is 4.10. The molecule has 1 rings (SSSR count). The highest BCUT2D eigenvalue weighted by Crippen LogP contribution is 2.37. The Labute approximate surface area is 128 Å². The summed E-state index contributed by atoms with van der Waals surface area (Å²) in [6, 6.07) is 3.71. The first kappa shape index (κ1) is 18.6. The van der Waals surface area contributed by atoms with Crippen LogP contribution in [0.4, 0.5) is 5.69 Å². The third-order valence-electron chi connectivity index (χ3n) is 2.57. The minimum atomic E-state index is -4.54. The summed E-state index contributed by atoms with van der Waals surface area (Å²) in [6.07, 6.45) is -0.948. The molecule has 124 valence electrons. The van der Waals surface area contributed by atoms with Gasteiger partial charge < -0.3 is 19.8 Å². The zero-order chi connectivity index (χ0) is 17.1. The van der Waals surface area contributed by atoms with Crippen LogP contribution >= 0.6 is 7.60 Å². The van der Waals surface area contributed by atoms with Gasteiger partial charge in [-0.25, -0.2) is 8.42 Å². The number of hydrogen-bond acceptors (Lipinski definition) is 5. The van der Waals surface area contributed by atoms with Crippen molar-refractivity contribution in [2.45, 2.75) is 11.8 Å². The molecule has 0 aromatic heterocycles. The Kier molecular flexibility index (Phi) is 5.71. The molecule has 0 aliphatic carbocycles. The number of hydrogen-bond donors (Lipinski definition) is 3. The second-order valence-corrected chi connectivity index (χ2v) is 8.11. The molecule has 0 fully saturated rings. The highest BCUT2D eigenvalue weighted by Gasteiger charge is 2.28. The second kappa shape index (κ2) is 6.76. The minimum absolute atomic E-state index is 0.139. The summed E-state index contributed by atoms with van der Waals surface area (Å²) in [7, 11) is -6.25. The summed E-state index contributed by atoms with van der Waals surface area (Å²) in [5.74, 6) is -0.164. The van der Waals surface area contributed by atoms with E-state index in [0.717, 1.165) is 13.1 Å². The standard InChI is InChI=1S/C11H17N2O7PS/c1-8(14)12-10-6-9(4-5-11(10)20-3)22(18,19)13(2)7-21(15,16)17/h4-6H,7H2,1-3H3,(H,12,14)(H2,15,16,17). The molecule has 22 heavy (non-hydrogen) atoms. The topological polar surface area (TPSA) is 133 Å². The van der Waals surface area contributed by atoms with Crippen LogP contribution in [0.15, 0.2) is 23.1 Å². The van der Waals surface area contributed by atoms with E-state index in [9.17, 15) is 17.8 Å². The molecule has 1 aromatic carbocycles. The molecule has 0 spiro atoms. The van der Waals surface area contributed by atoms with Crippen LogP contribution in [0.5, 0.6) is 5.75 Å². The van der Waals surface area contributed by atoms with E-state index in [1.807, 2.05) is 0 Å². The van der Waals surface area contributed by atoms with Crippen LogP contribution in [0.3, 0.4) is 0 Å². The van der Waals surface area contributed by atoms with Crippen molar-refractivity contribution in [3.8, 4) is 5.75 Å². The number of rotatable bonds is 6. The maximum Gasteiger partial charge on any atom is 0.340 e. The van der Waals surface area contributed by atoms with Gasteiger partial charge in [-0.15, -0.1) is 0 Å². The quantitative estimate of drug-likeness (QED) is 0.631. The van der Waals surface area contributed by atoms with Gasteiger partial charge in [0.15, 0.2) is 0 Å². The van der Waals surface area contributed by atoms with Gasteiger partial charge in [-0.3, -0.25) is 9.36 Å². The van der Waals surface area contributed by atoms with Crippen molar-refractivity contribution in [3.05, 3.63) is 18.2 Å². The summed E-state index contributed by atoms with van der Waals surface area (Å²) in [5, 5.41) is 2.42. The summed E-state index contributed by atoms with van der Waals surface area (Å²) in [6.45, 7) is 1.25. The van der Waals surface area contributed by atoms with Crippen LogP contribution in [0, 0.1) is 0 Å². The average Bonchev–Trinajstić information content (AvgIpc) is 2.35. The molecule has 0 radical (unpaired) electrons. The van der Waals surface area contributed by atoms with Gasteiger partial charge in [-0.2, -0.15) is 4.31 Å². The Morgan fingerprint density at radius 3 is 2.45 bits per heavy atom. The number of carbonyl (C=O) groups is 1. The molecule has 0 heterocycles. The number of carbonyl (C=O) groups excluding carboxylic acids is 1. The summed E-state index contributed by atoms with van der Waals surface area (Å²) in [4.78, 5) is 28.7.